The Bertz CT molecular complexity index is 764. The Morgan fingerprint density at radius 3 is 2.43 bits per heavy atom. The monoisotopic (exact) mass is 399 g/mol. The Labute approximate surface area is 170 Å². The van der Waals surface area contributed by atoms with Gasteiger partial charge in [0.05, 0.1) is 19.3 Å². The maximum atomic E-state index is 13.1. The summed E-state index contributed by atoms with van der Waals surface area (Å²) in [6.45, 7) is 2.85. The molecule has 0 unspecified atom stereocenters. The van der Waals surface area contributed by atoms with Gasteiger partial charge in [-0.15, -0.1) is 0 Å². The quantitative estimate of drug-likeness (QED) is 0.770. The predicted octanol–water partition coefficient (Wildman–Crippen LogP) is 1.70. The molecule has 28 heavy (non-hydrogen) atoms. The van der Waals surface area contributed by atoms with E-state index < -0.39 is 6.04 Å². The van der Waals surface area contributed by atoms with Crippen LogP contribution in [0.15, 0.2) is 54.7 Å². The van der Waals surface area contributed by atoms with Crippen LogP contribution in [0.3, 0.4) is 0 Å². The number of nitrogens with one attached hydrogen (secondary N) is 2. The summed E-state index contributed by atoms with van der Waals surface area (Å²) in [4.78, 5) is 33.0. The molecular formula is C21H27N4O2S+. The van der Waals surface area contributed by atoms with Gasteiger partial charge in [-0.3, -0.25) is 14.5 Å². The molecule has 7 heteroatoms. The first-order valence-electron chi connectivity index (χ1n) is 9.54. The average Bonchev–Trinajstić information content (AvgIpc) is 2.77. The van der Waals surface area contributed by atoms with Crippen LogP contribution < -0.4 is 15.2 Å². The first-order valence-corrected chi connectivity index (χ1v) is 10.9. The summed E-state index contributed by atoms with van der Waals surface area (Å²) >= 11 is 1.68. The van der Waals surface area contributed by atoms with Crippen molar-refractivity contribution in [2.45, 2.75) is 12.5 Å². The van der Waals surface area contributed by atoms with Gasteiger partial charge in [-0.2, -0.15) is 11.8 Å². The van der Waals surface area contributed by atoms with Crippen LogP contribution in [0.5, 0.6) is 0 Å². The molecule has 6 nitrogen and oxygen atoms in total. The van der Waals surface area contributed by atoms with Gasteiger partial charge in [-0.25, -0.2) is 4.98 Å². The predicted molar refractivity (Wildman–Crippen MR) is 112 cm³/mol. The summed E-state index contributed by atoms with van der Waals surface area (Å²) in [6.07, 6.45) is 4.55. The lowest BCUT2D eigenvalue weighted by Gasteiger charge is -2.33. The van der Waals surface area contributed by atoms with Crippen molar-refractivity contribution in [3.63, 3.8) is 0 Å². The molecule has 2 N–H and O–H groups in total. The Balaban J connectivity index is 1.61. The summed E-state index contributed by atoms with van der Waals surface area (Å²) < 4.78 is 0. The van der Waals surface area contributed by atoms with Crippen LogP contribution in [0.2, 0.25) is 0 Å². The summed E-state index contributed by atoms with van der Waals surface area (Å²) in [6, 6.07) is 14.6. The van der Waals surface area contributed by atoms with E-state index in [1.54, 1.807) is 23.9 Å². The molecule has 0 bridgehead atoms. The molecule has 0 aliphatic carbocycles. The number of thioether (sulfide) groups is 1. The van der Waals surface area contributed by atoms with Gasteiger partial charge in [0, 0.05) is 11.6 Å². The Kier molecular flexibility index (Phi) is 7.31. The van der Waals surface area contributed by atoms with E-state index in [0.29, 0.717) is 25.1 Å². The second-order valence-corrected chi connectivity index (χ2v) is 7.72. The van der Waals surface area contributed by atoms with Crippen LogP contribution in [0, 0.1) is 0 Å². The molecule has 2 heterocycles. The van der Waals surface area contributed by atoms with Gasteiger partial charge in [0.2, 0.25) is 5.91 Å². The highest BCUT2D eigenvalue weighted by Crippen LogP contribution is 2.13. The topological polar surface area (TPSA) is 66.8 Å². The summed E-state index contributed by atoms with van der Waals surface area (Å²) in [5, 5.41) is 2.94. The van der Waals surface area contributed by atoms with Gasteiger partial charge in [-0.05, 0) is 36.6 Å². The number of aromatic amines is 1. The van der Waals surface area contributed by atoms with Gasteiger partial charge in [-0.1, -0.05) is 24.3 Å². The fourth-order valence-electron chi connectivity index (χ4n) is 3.29. The lowest BCUT2D eigenvalue weighted by atomic mass is 10.1. The first kappa shape index (κ1) is 20.2. The molecule has 1 aromatic carbocycles. The number of H-pyrrole nitrogens is 1. The number of rotatable bonds is 7. The van der Waals surface area contributed by atoms with Crippen molar-refractivity contribution in [2.75, 3.05) is 43.1 Å². The highest BCUT2D eigenvalue weighted by atomic mass is 32.2. The summed E-state index contributed by atoms with van der Waals surface area (Å²) in [5.74, 6) is 1.70. The minimum atomic E-state index is -0.491. The van der Waals surface area contributed by atoms with Crippen molar-refractivity contribution >= 4 is 29.4 Å². The average molecular weight is 400 g/mol. The largest absolute Gasteiger partial charge is 0.340 e. The van der Waals surface area contributed by atoms with Crippen LogP contribution in [-0.4, -0.2) is 60.9 Å². The molecule has 1 aliphatic rings. The number of hydrogen-bond donors (Lipinski definition) is 1. The molecule has 2 aromatic rings. The third kappa shape index (κ3) is 5.25. The number of piperazine rings is 1. The van der Waals surface area contributed by atoms with E-state index in [1.165, 1.54) is 0 Å². The smallest absolute Gasteiger partial charge is 0.274 e. The molecule has 1 aliphatic heterocycles. The zero-order valence-electron chi connectivity index (χ0n) is 16.1. The van der Waals surface area contributed by atoms with Gasteiger partial charge >= 0.3 is 0 Å². The highest BCUT2D eigenvalue weighted by Gasteiger charge is 2.31. The number of amides is 2. The summed E-state index contributed by atoms with van der Waals surface area (Å²) in [7, 11) is 0. The minimum Gasteiger partial charge on any atom is -0.340 e. The van der Waals surface area contributed by atoms with Crippen molar-refractivity contribution in [1.82, 2.24) is 10.2 Å². The third-order valence-corrected chi connectivity index (χ3v) is 5.52. The number of carbonyl (C=O) groups excluding carboxylic acids is 2. The molecule has 1 fully saturated rings. The fraction of sp³-hybridized carbons (Fsp3) is 0.381. The molecule has 2 amide bonds. The van der Waals surface area contributed by atoms with E-state index in [0.717, 1.165) is 24.7 Å². The Morgan fingerprint density at radius 1 is 1.07 bits per heavy atom. The van der Waals surface area contributed by atoms with E-state index in [1.807, 2.05) is 53.8 Å². The summed E-state index contributed by atoms with van der Waals surface area (Å²) in [5.41, 5.74) is 0.578. The number of pyridine rings is 1. The molecule has 1 saturated heterocycles. The van der Waals surface area contributed by atoms with Crippen LogP contribution >= 0.6 is 11.8 Å². The normalized spacial score (nSPS) is 15.2. The maximum Gasteiger partial charge on any atom is 0.274 e. The van der Waals surface area contributed by atoms with E-state index >= 15 is 0 Å². The Hall–Kier alpha value is -2.54. The molecule has 148 valence electrons. The van der Waals surface area contributed by atoms with Crippen molar-refractivity contribution in [3.8, 4) is 0 Å². The molecule has 0 radical (unpaired) electrons. The lowest BCUT2D eigenvalue weighted by molar-refractivity contribution is -0.364. The van der Waals surface area contributed by atoms with Crippen LogP contribution in [0.25, 0.3) is 0 Å². The van der Waals surface area contributed by atoms with Crippen LogP contribution in [0.1, 0.15) is 16.8 Å². The number of benzene rings is 1. The van der Waals surface area contributed by atoms with Crippen molar-refractivity contribution < 1.29 is 14.6 Å². The third-order valence-electron chi connectivity index (χ3n) is 4.87. The molecule has 1 atom stereocenters. The zero-order chi connectivity index (χ0) is 19.8. The van der Waals surface area contributed by atoms with Gasteiger partial charge in [0.15, 0.2) is 0 Å². The zero-order valence-corrected chi connectivity index (χ0v) is 17.0. The molecule has 1 aromatic heterocycles. The lowest BCUT2D eigenvalue weighted by Crippen LogP contribution is -2.55. The SMILES string of the molecule is CSCC[C@H](NC(=O)c1ccccc1)C(=O)N1CCN(c2cccc[nH+]2)CC1. The van der Waals surface area contributed by atoms with E-state index in [9.17, 15) is 9.59 Å². The van der Waals surface area contributed by atoms with Crippen molar-refractivity contribution in [2.24, 2.45) is 0 Å². The minimum absolute atomic E-state index is 0.00928. The second-order valence-electron chi connectivity index (χ2n) is 6.73. The van der Waals surface area contributed by atoms with E-state index in [-0.39, 0.29) is 11.8 Å². The molecule has 3 rings (SSSR count). The maximum absolute atomic E-state index is 13.1. The second kappa shape index (κ2) is 10.1. The number of anilines is 1. The Morgan fingerprint density at radius 2 is 1.79 bits per heavy atom. The number of aromatic nitrogens is 1. The fourth-order valence-corrected chi connectivity index (χ4v) is 3.76. The van der Waals surface area contributed by atoms with Crippen molar-refractivity contribution in [1.29, 1.82) is 0 Å². The molecule has 0 saturated carbocycles. The van der Waals surface area contributed by atoms with Crippen molar-refractivity contribution in [3.05, 3.63) is 60.3 Å². The first-order chi connectivity index (χ1) is 13.7. The van der Waals surface area contributed by atoms with E-state index in [2.05, 4.69) is 15.2 Å². The number of nitrogens with zero attached hydrogens (tertiary/aromatic N) is 2. The van der Waals surface area contributed by atoms with Crippen LogP contribution in [-0.2, 0) is 4.79 Å². The van der Waals surface area contributed by atoms with Gasteiger partial charge in [0.1, 0.15) is 19.1 Å². The van der Waals surface area contributed by atoms with Crippen LogP contribution in [0.4, 0.5) is 5.82 Å². The van der Waals surface area contributed by atoms with Gasteiger partial charge < -0.3 is 10.2 Å². The standard InChI is InChI=1S/C21H26N4O2S/c1-28-16-10-18(23-20(26)17-7-3-2-4-8-17)21(27)25-14-12-24(13-15-25)19-9-5-6-11-22-19/h2-9,11,18H,10,12-16H2,1H3,(H,23,26)/p+1/t18-/m0/s1. The van der Waals surface area contributed by atoms with E-state index in [4.69, 9.17) is 0 Å². The van der Waals surface area contributed by atoms with Gasteiger partial charge in [0.25, 0.3) is 11.7 Å². The molecular weight excluding hydrogens is 372 g/mol. The highest BCUT2D eigenvalue weighted by molar-refractivity contribution is 7.98. The number of hydrogen-bond acceptors (Lipinski definition) is 4. The molecule has 0 spiro atoms. The number of carbonyl (C=O) groups is 2.